The van der Waals surface area contributed by atoms with Crippen LogP contribution in [-0.4, -0.2) is 36.4 Å². The fraction of sp³-hybridized carbons (Fsp3) is 0.778. The van der Waals surface area contributed by atoms with Crippen molar-refractivity contribution in [1.82, 2.24) is 9.97 Å². The predicted molar refractivity (Wildman–Crippen MR) is 99.9 cm³/mol. The maximum atomic E-state index is 11.7. The lowest BCUT2D eigenvalue weighted by atomic mass is 9.76. The van der Waals surface area contributed by atoms with Crippen LogP contribution in [0.2, 0.25) is 5.28 Å². The second-order valence-electron chi connectivity index (χ2n) is 8.70. The average molecular weight is 384 g/mol. The maximum absolute atomic E-state index is 11.7. The van der Waals surface area contributed by atoms with Crippen LogP contribution in [0, 0.1) is 11.3 Å². The molecular weight excluding hydrogens is 358 g/mol. The highest BCUT2D eigenvalue weighted by molar-refractivity contribution is 7.91. The highest BCUT2D eigenvalue weighted by Crippen LogP contribution is 2.59. The molecule has 2 fully saturated rings. The molecule has 3 aliphatic rings. The Hall–Kier alpha value is -0.880. The number of hydrogen-bond donors (Lipinski definition) is 1. The molecule has 1 aromatic heterocycles. The van der Waals surface area contributed by atoms with Crippen molar-refractivity contribution in [3.63, 3.8) is 0 Å². The van der Waals surface area contributed by atoms with Crippen LogP contribution in [0.1, 0.15) is 57.2 Å². The highest BCUT2D eigenvalue weighted by Gasteiger charge is 2.55. The zero-order chi connectivity index (χ0) is 17.9. The largest absolute Gasteiger partial charge is 0.369 e. The summed E-state index contributed by atoms with van der Waals surface area (Å²) in [6.07, 6.45) is 6.01. The van der Waals surface area contributed by atoms with Crippen LogP contribution in [0.15, 0.2) is 0 Å². The van der Waals surface area contributed by atoms with E-state index in [0.29, 0.717) is 22.7 Å². The zero-order valence-electron chi connectivity index (χ0n) is 14.9. The Kier molecular flexibility index (Phi) is 4.07. The fourth-order valence-corrected chi connectivity index (χ4v) is 6.53. The summed E-state index contributed by atoms with van der Waals surface area (Å²) >= 11 is 6.18. The number of halogens is 1. The molecule has 1 aliphatic heterocycles. The molecule has 5 nitrogen and oxygen atoms in total. The van der Waals surface area contributed by atoms with Crippen LogP contribution < -0.4 is 5.32 Å². The maximum Gasteiger partial charge on any atom is 0.224 e. The predicted octanol–water partition coefficient (Wildman–Crippen LogP) is 3.37. The first kappa shape index (κ1) is 17.5. The van der Waals surface area contributed by atoms with Gasteiger partial charge >= 0.3 is 0 Å². The van der Waals surface area contributed by atoms with Gasteiger partial charge in [0.05, 0.1) is 17.2 Å². The summed E-state index contributed by atoms with van der Waals surface area (Å²) in [6, 6.07) is 0. The summed E-state index contributed by atoms with van der Waals surface area (Å²) in [7, 11) is -2.79. The molecule has 1 saturated heterocycles. The SMILES string of the molecule is CC1(C)CCCc2c(NCC3CC34CCS(=O)(=O)CC4)nc(Cl)nc21. The van der Waals surface area contributed by atoms with E-state index in [2.05, 4.69) is 29.1 Å². The van der Waals surface area contributed by atoms with Crippen molar-refractivity contribution in [3.8, 4) is 0 Å². The van der Waals surface area contributed by atoms with Gasteiger partial charge in [-0.25, -0.2) is 18.4 Å². The van der Waals surface area contributed by atoms with Crippen molar-refractivity contribution in [3.05, 3.63) is 16.5 Å². The summed E-state index contributed by atoms with van der Waals surface area (Å²) in [5.41, 5.74) is 2.57. The van der Waals surface area contributed by atoms with Crippen molar-refractivity contribution < 1.29 is 8.42 Å². The van der Waals surface area contributed by atoms with Crippen LogP contribution in [0.25, 0.3) is 0 Å². The quantitative estimate of drug-likeness (QED) is 0.810. The number of nitrogens with one attached hydrogen (secondary N) is 1. The summed E-state index contributed by atoms with van der Waals surface area (Å²) in [5.74, 6) is 2.14. The molecule has 2 aliphatic carbocycles. The zero-order valence-corrected chi connectivity index (χ0v) is 16.5. The molecule has 0 radical (unpaired) electrons. The van der Waals surface area contributed by atoms with E-state index >= 15 is 0 Å². The number of anilines is 1. The Balaban J connectivity index is 1.47. The normalized spacial score (nSPS) is 28.4. The van der Waals surface area contributed by atoms with Gasteiger partial charge in [-0.3, -0.25) is 0 Å². The molecule has 1 saturated carbocycles. The Labute approximate surface area is 154 Å². The van der Waals surface area contributed by atoms with E-state index in [1.54, 1.807) is 0 Å². The van der Waals surface area contributed by atoms with Crippen LogP contribution >= 0.6 is 11.6 Å². The van der Waals surface area contributed by atoms with Crippen molar-refractivity contribution in [1.29, 1.82) is 0 Å². The number of aromatic nitrogens is 2. The lowest BCUT2D eigenvalue weighted by molar-refractivity contribution is 0.408. The molecule has 1 N–H and O–H groups in total. The number of hydrogen-bond acceptors (Lipinski definition) is 5. The van der Waals surface area contributed by atoms with Crippen LogP contribution in [-0.2, 0) is 21.7 Å². The van der Waals surface area contributed by atoms with Crippen LogP contribution in [0.3, 0.4) is 0 Å². The van der Waals surface area contributed by atoms with E-state index in [9.17, 15) is 8.42 Å². The number of sulfone groups is 1. The summed E-state index contributed by atoms with van der Waals surface area (Å²) < 4.78 is 23.3. The molecular formula is C18H26ClN3O2S. The molecule has 0 aromatic carbocycles. The van der Waals surface area contributed by atoms with Crippen molar-refractivity contribution in [2.24, 2.45) is 11.3 Å². The molecule has 1 atom stereocenters. The lowest BCUT2D eigenvalue weighted by Crippen LogP contribution is -2.28. The minimum atomic E-state index is -2.79. The Morgan fingerprint density at radius 1 is 1.20 bits per heavy atom. The third kappa shape index (κ3) is 3.27. The number of nitrogens with zero attached hydrogens (tertiary/aromatic N) is 2. The molecule has 1 unspecified atom stereocenters. The van der Waals surface area contributed by atoms with Crippen LogP contribution in [0.4, 0.5) is 5.82 Å². The van der Waals surface area contributed by atoms with Crippen molar-refractivity contribution in [2.75, 3.05) is 23.4 Å². The third-order valence-electron chi connectivity index (χ3n) is 6.55. The van der Waals surface area contributed by atoms with Gasteiger partial charge in [0, 0.05) is 17.5 Å². The van der Waals surface area contributed by atoms with E-state index in [1.807, 2.05) is 0 Å². The van der Waals surface area contributed by atoms with Gasteiger partial charge < -0.3 is 5.32 Å². The Morgan fingerprint density at radius 3 is 2.64 bits per heavy atom. The van der Waals surface area contributed by atoms with Crippen molar-refractivity contribution >= 4 is 27.3 Å². The van der Waals surface area contributed by atoms with Gasteiger partial charge in [0.25, 0.3) is 0 Å². The average Bonchev–Trinajstić information content (AvgIpc) is 3.22. The fourth-order valence-electron chi connectivity index (χ4n) is 4.72. The first-order chi connectivity index (χ1) is 11.7. The minimum absolute atomic E-state index is 0.0368. The second kappa shape index (κ2) is 5.81. The topological polar surface area (TPSA) is 72.0 Å². The first-order valence-electron chi connectivity index (χ1n) is 9.22. The van der Waals surface area contributed by atoms with Crippen molar-refractivity contribution in [2.45, 2.75) is 57.8 Å². The minimum Gasteiger partial charge on any atom is -0.369 e. The number of rotatable bonds is 3. The molecule has 0 bridgehead atoms. The lowest BCUT2D eigenvalue weighted by Gasteiger charge is -2.32. The van der Waals surface area contributed by atoms with E-state index < -0.39 is 9.84 Å². The molecule has 7 heteroatoms. The van der Waals surface area contributed by atoms with Gasteiger partial charge in [0.15, 0.2) is 0 Å². The molecule has 2 heterocycles. The monoisotopic (exact) mass is 383 g/mol. The smallest absolute Gasteiger partial charge is 0.224 e. The van der Waals surface area contributed by atoms with E-state index in [4.69, 9.17) is 11.6 Å². The standard InChI is InChI=1S/C18H26ClN3O2S/c1-17(2)5-3-4-13-14(17)21-16(19)22-15(13)20-11-12-10-18(12)6-8-25(23,24)9-7-18/h12H,3-11H2,1-2H3,(H,20,21,22). The van der Waals surface area contributed by atoms with Gasteiger partial charge in [-0.2, -0.15) is 0 Å². The first-order valence-corrected chi connectivity index (χ1v) is 11.4. The van der Waals surface area contributed by atoms with Gasteiger partial charge in [-0.1, -0.05) is 13.8 Å². The number of fused-ring (bicyclic) bond motifs is 1. The Bertz CT molecular complexity index is 793. The Morgan fingerprint density at radius 2 is 1.92 bits per heavy atom. The molecule has 25 heavy (non-hydrogen) atoms. The van der Waals surface area contributed by atoms with E-state index in [0.717, 1.165) is 56.6 Å². The highest BCUT2D eigenvalue weighted by atomic mass is 35.5. The van der Waals surface area contributed by atoms with Gasteiger partial charge in [0.2, 0.25) is 5.28 Å². The molecule has 1 spiro atoms. The van der Waals surface area contributed by atoms with Crippen LogP contribution in [0.5, 0.6) is 0 Å². The van der Waals surface area contributed by atoms with E-state index in [1.165, 1.54) is 5.56 Å². The summed E-state index contributed by atoms with van der Waals surface area (Å²) in [6.45, 7) is 5.28. The van der Waals surface area contributed by atoms with Gasteiger partial charge in [-0.05, 0) is 61.5 Å². The second-order valence-corrected chi connectivity index (χ2v) is 11.3. The molecule has 4 rings (SSSR count). The van der Waals surface area contributed by atoms with Gasteiger partial charge in [-0.15, -0.1) is 0 Å². The van der Waals surface area contributed by atoms with Gasteiger partial charge in [0.1, 0.15) is 15.7 Å². The molecule has 1 aromatic rings. The molecule has 0 amide bonds. The van der Waals surface area contributed by atoms with E-state index in [-0.39, 0.29) is 10.8 Å². The summed E-state index contributed by atoms with van der Waals surface area (Å²) in [5, 5.41) is 3.83. The summed E-state index contributed by atoms with van der Waals surface area (Å²) in [4.78, 5) is 8.97. The third-order valence-corrected chi connectivity index (χ3v) is 8.37. The molecule has 138 valence electrons.